The summed E-state index contributed by atoms with van der Waals surface area (Å²) < 4.78 is 11.4. The van der Waals surface area contributed by atoms with E-state index in [-0.39, 0.29) is 0 Å². The Bertz CT molecular complexity index is 442. The lowest BCUT2D eigenvalue weighted by Crippen LogP contribution is -2.38. The number of fused-ring (bicyclic) bond motifs is 1. The van der Waals surface area contributed by atoms with Crippen molar-refractivity contribution in [3.05, 3.63) is 18.2 Å². The molecule has 0 amide bonds. The lowest BCUT2D eigenvalue weighted by molar-refractivity contribution is 0.229. The molecule has 0 saturated carbocycles. The summed E-state index contributed by atoms with van der Waals surface area (Å²) in [6.45, 7) is 7.27. The van der Waals surface area contributed by atoms with Crippen molar-refractivity contribution in [2.45, 2.75) is 32.2 Å². The first-order valence-electron chi connectivity index (χ1n) is 7.73. The highest BCUT2D eigenvalue weighted by molar-refractivity contribution is 5.55. The van der Waals surface area contributed by atoms with Gasteiger partial charge >= 0.3 is 0 Å². The summed E-state index contributed by atoms with van der Waals surface area (Å²) in [6, 6.07) is 6.76. The van der Waals surface area contributed by atoms with Crippen LogP contribution in [0.3, 0.4) is 0 Å². The summed E-state index contributed by atoms with van der Waals surface area (Å²) in [7, 11) is 0. The minimum absolute atomic E-state index is 0.572. The number of likely N-dealkylation sites (tertiary alicyclic amines) is 1. The van der Waals surface area contributed by atoms with Crippen LogP contribution in [0.5, 0.6) is 11.5 Å². The van der Waals surface area contributed by atoms with Gasteiger partial charge in [-0.1, -0.05) is 6.92 Å². The summed E-state index contributed by atoms with van der Waals surface area (Å²) >= 11 is 0. The molecule has 4 nitrogen and oxygen atoms in total. The molecule has 0 radical (unpaired) electrons. The van der Waals surface area contributed by atoms with Crippen LogP contribution in [0.15, 0.2) is 18.2 Å². The molecule has 4 heteroatoms. The maximum atomic E-state index is 5.74. The van der Waals surface area contributed by atoms with Gasteiger partial charge in [0.2, 0.25) is 0 Å². The molecule has 0 atom stereocenters. The summed E-state index contributed by atoms with van der Waals surface area (Å²) in [5.74, 6) is 1.74. The maximum Gasteiger partial charge on any atom is 0.163 e. The molecule has 0 aliphatic carbocycles. The van der Waals surface area contributed by atoms with E-state index in [1.165, 1.54) is 25.9 Å². The average Bonchev–Trinajstić information content (AvgIpc) is 2.73. The third kappa shape index (κ3) is 3.18. The number of nitrogens with one attached hydrogen (secondary N) is 1. The van der Waals surface area contributed by atoms with Gasteiger partial charge in [0.05, 0.1) is 13.2 Å². The molecule has 1 aromatic rings. The molecule has 1 N–H and O–H groups in total. The summed E-state index contributed by atoms with van der Waals surface area (Å²) in [6.07, 6.45) is 3.37. The largest absolute Gasteiger partial charge is 0.490 e. The molecule has 2 heterocycles. The number of ether oxygens (including phenoxy) is 2. The zero-order valence-corrected chi connectivity index (χ0v) is 12.2. The third-order valence-electron chi connectivity index (χ3n) is 4.15. The van der Waals surface area contributed by atoms with Gasteiger partial charge in [0.1, 0.15) is 0 Å². The number of benzene rings is 1. The molecule has 0 aromatic heterocycles. The van der Waals surface area contributed by atoms with E-state index in [2.05, 4.69) is 29.3 Å². The lowest BCUT2D eigenvalue weighted by atomic mass is 10.0. The van der Waals surface area contributed by atoms with Crippen LogP contribution in [0.4, 0.5) is 5.69 Å². The first-order valence-corrected chi connectivity index (χ1v) is 7.73. The van der Waals surface area contributed by atoms with Crippen LogP contribution in [-0.4, -0.2) is 43.8 Å². The van der Waals surface area contributed by atoms with Gasteiger partial charge in [-0.2, -0.15) is 0 Å². The second kappa shape index (κ2) is 6.35. The Balaban J connectivity index is 1.62. The van der Waals surface area contributed by atoms with E-state index in [0.717, 1.165) is 43.4 Å². The van der Waals surface area contributed by atoms with Crippen LogP contribution in [-0.2, 0) is 0 Å². The Hall–Kier alpha value is -1.42. The summed E-state index contributed by atoms with van der Waals surface area (Å²) in [5.41, 5.74) is 1.14. The Morgan fingerprint density at radius 2 is 1.90 bits per heavy atom. The second-order valence-corrected chi connectivity index (χ2v) is 5.56. The van der Waals surface area contributed by atoms with E-state index in [1.807, 2.05) is 6.07 Å². The van der Waals surface area contributed by atoms with E-state index in [0.29, 0.717) is 6.04 Å². The van der Waals surface area contributed by atoms with Gasteiger partial charge in [0.15, 0.2) is 11.5 Å². The topological polar surface area (TPSA) is 33.7 Å². The standard InChI is InChI=1S/C16H24N2O2/c1-2-18-8-6-13(7-9-18)17-14-4-5-15-16(12-14)20-11-3-10-19-15/h4-5,12-13,17H,2-3,6-11H2,1H3. The third-order valence-corrected chi connectivity index (χ3v) is 4.15. The van der Waals surface area contributed by atoms with Gasteiger partial charge < -0.3 is 19.7 Å². The lowest BCUT2D eigenvalue weighted by Gasteiger charge is -2.32. The van der Waals surface area contributed by atoms with E-state index in [4.69, 9.17) is 9.47 Å². The molecule has 2 aliphatic heterocycles. The molecule has 1 saturated heterocycles. The Labute approximate surface area is 121 Å². The molecule has 0 unspecified atom stereocenters. The molecule has 0 bridgehead atoms. The zero-order valence-electron chi connectivity index (χ0n) is 12.2. The number of piperidine rings is 1. The minimum Gasteiger partial charge on any atom is -0.490 e. The van der Waals surface area contributed by atoms with E-state index in [9.17, 15) is 0 Å². The fourth-order valence-electron chi connectivity index (χ4n) is 2.88. The Morgan fingerprint density at radius 1 is 1.15 bits per heavy atom. The predicted molar refractivity (Wildman–Crippen MR) is 80.8 cm³/mol. The summed E-state index contributed by atoms with van der Waals surface area (Å²) in [4.78, 5) is 2.51. The predicted octanol–water partition coefficient (Wildman–Crippen LogP) is 2.74. The molecular formula is C16H24N2O2. The van der Waals surface area contributed by atoms with Crippen LogP contribution in [0.2, 0.25) is 0 Å². The highest BCUT2D eigenvalue weighted by Crippen LogP contribution is 2.32. The van der Waals surface area contributed by atoms with Gasteiger partial charge in [-0.25, -0.2) is 0 Å². The van der Waals surface area contributed by atoms with E-state index >= 15 is 0 Å². The molecule has 0 spiro atoms. The molecule has 2 aliphatic rings. The van der Waals surface area contributed by atoms with Gasteiger partial charge in [0.25, 0.3) is 0 Å². The van der Waals surface area contributed by atoms with Crippen molar-refractivity contribution >= 4 is 5.69 Å². The van der Waals surface area contributed by atoms with Gasteiger partial charge in [0, 0.05) is 37.3 Å². The Kier molecular flexibility index (Phi) is 4.31. The SMILES string of the molecule is CCN1CCC(Nc2ccc3c(c2)OCCCO3)CC1. The van der Waals surface area contributed by atoms with Crippen LogP contribution in [0, 0.1) is 0 Å². The van der Waals surface area contributed by atoms with Crippen LogP contribution >= 0.6 is 0 Å². The van der Waals surface area contributed by atoms with Gasteiger partial charge in [-0.05, 0) is 31.5 Å². The smallest absolute Gasteiger partial charge is 0.163 e. The molecule has 110 valence electrons. The van der Waals surface area contributed by atoms with Crippen molar-refractivity contribution in [3.8, 4) is 11.5 Å². The fraction of sp³-hybridized carbons (Fsp3) is 0.625. The van der Waals surface area contributed by atoms with Crippen molar-refractivity contribution in [1.29, 1.82) is 0 Å². The first-order chi connectivity index (χ1) is 9.85. The fourth-order valence-corrected chi connectivity index (χ4v) is 2.88. The zero-order chi connectivity index (χ0) is 13.8. The van der Waals surface area contributed by atoms with Crippen molar-refractivity contribution < 1.29 is 9.47 Å². The van der Waals surface area contributed by atoms with Crippen LogP contribution in [0.1, 0.15) is 26.2 Å². The molecule has 20 heavy (non-hydrogen) atoms. The van der Waals surface area contributed by atoms with Crippen molar-refractivity contribution in [2.24, 2.45) is 0 Å². The minimum atomic E-state index is 0.572. The average molecular weight is 276 g/mol. The second-order valence-electron chi connectivity index (χ2n) is 5.56. The Morgan fingerprint density at radius 3 is 2.65 bits per heavy atom. The van der Waals surface area contributed by atoms with Gasteiger partial charge in [-0.15, -0.1) is 0 Å². The van der Waals surface area contributed by atoms with Crippen molar-refractivity contribution in [1.82, 2.24) is 4.90 Å². The first kappa shape index (κ1) is 13.6. The van der Waals surface area contributed by atoms with Crippen LogP contribution < -0.4 is 14.8 Å². The molecule has 1 aromatic carbocycles. The quantitative estimate of drug-likeness (QED) is 0.920. The van der Waals surface area contributed by atoms with E-state index in [1.54, 1.807) is 0 Å². The number of nitrogens with zero attached hydrogens (tertiary/aromatic N) is 1. The van der Waals surface area contributed by atoms with Crippen LogP contribution in [0.25, 0.3) is 0 Å². The van der Waals surface area contributed by atoms with Crippen molar-refractivity contribution in [2.75, 3.05) is 38.2 Å². The normalized spacial score (nSPS) is 20.4. The highest BCUT2D eigenvalue weighted by atomic mass is 16.5. The number of anilines is 1. The monoisotopic (exact) mass is 276 g/mol. The molecule has 1 fully saturated rings. The van der Waals surface area contributed by atoms with Gasteiger partial charge in [-0.3, -0.25) is 0 Å². The summed E-state index contributed by atoms with van der Waals surface area (Å²) in [5, 5.41) is 3.63. The maximum absolute atomic E-state index is 5.74. The van der Waals surface area contributed by atoms with E-state index < -0.39 is 0 Å². The molecular weight excluding hydrogens is 252 g/mol. The van der Waals surface area contributed by atoms with Crippen molar-refractivity contribution in [3.63, 3.8) is 0 Å². The molecule has 3 rings (SSSR count). The number of rotatable bonds is 3. The highest BCUT2D eigenvalue weighted by Gasteiger charge is 2.18. The number of hydrogen-bond donors (Lipinski definition) is 1. The number of hydrogen-bond acceptors (Lipinski definition) is 4.